The molecule has 182 valence electrons. The van der Waals surface area contributed by atoms with Crippen molar-refractivity contribution in [2.75, 3.05) is 6.54 Å². The molecule has 0 bridgehead atoms. The smallest absolute Gasteiger partial charge is 0.413 e. The highest BCUT2D eigenvalue weighted by molar-refractivity contribution is 5.77. The minimum Gasteiger partial charge on any atom is -0.624 e. The van der Waals surface area contributed by atoms with E-state index in [4.69, 9.17) is 14.2 Å². The molecule has 0 spiro atoms. The van der Waals surface area contributed by atoms with Gasteiger partial charge in [-0.05, 0) is 45.7 Å². The Bertz CT molecular complexity index is 1010. The van der Waals surface area contributed by atoms with E-state index in [9.17, 15) is 14.8 Å². The van der Waals surface area contributed by atoms with E-state index >= 15 is 0 Å². The summed E-state index contributed by atoms with van der Waals surface area (Å²) in [5, 5.41) is 12.8. The lowest BCUT2D eigenvalue weighted by molar-refractivity contribution is -0.445. The van der Waals surface area contributed by atoms with Crippen LogP contribution in [-0.4, -0.2) is 51.8 Å². The molecule has 34 heavy (non-hydrogen) atoms. The van der Waals surface area contributed by atoms with E-state index in [2.05, 4.69) is 0 Å². The topological polar surface area (TPSA) is 91.1 Å². The summed E-state index contributed by atoms with van der Waals surface area (Å²) in [6.45, 7) is 8.34. The van der Waals surface area contributed by atoms with E-state index in [0.717, 1.165) is 11.1 Å². The summed E-state index contributed by atoms with van der Waals surface area (Å²) < 4.78 is 17.5. The molecule has 0 unspecified atom stereocenters. The summed E-state index contributed by atoms with van der Waals surface area (Å²) in [5.41, 5.74) is -0.175. The van der Waals surface area contributed by atoms with E-state index < -0.39 is 42.1 Å². The second kappa shape index (κ2) is 10.3. The third kappa shape index (κ3) is 6.57. The molecule has 2 aromatic carbocycles. The molecule has 0 aliphatic carbocycles. The minimum absolute atomic E-state index is 0.0732. The molecule has 1 aliphatic rings. The van der Waals surface area contributed by atoms with Gasteiger partial charge in [0.05, 0.1) is 0 Å². The van der Waals surface area contributed by atoms with E-state index in [0.29, 0.717) is 4.74 Å². The minimum atomic E-state index is -1.06. The highest BCUT2D eigenvalue weighted by atomic mass is 16.6. The van der Waals surface area contributed by atoms with Crippen LogP contribution in [0, 0.1) is 5.21 Å². The monoisotopic (exact) mass is 468 g/mol. The van der Waals surface area contributed by atoms with Gasteiger partial charge in [0.25, 0.3) is 0 Å². The number of hydroxylamine groups is 1. The van der Waals surface area contributed by atoms with Crippen molar-refractivity contribution in [3.8, 4) is 0 Å². The van der Waals surface area contributed by atoms with Gasteiger partial charge in [0, 0.05) is 0 Å². The number of rotatable bonds is 6. The standard InChI is InChI=1S/C26H32N2O6/c1-25(2,3)34-24(30)28-21(23(33-26(28,4)5)20-14-10-7-11-15-20)16-27(31)17-22(29)32-18-19-12-8-6-9-13-19/h6-16,21,23H,17-18H2,1-5H3/b27-16-/t21-,23-/m0/s1. The van der Waals surface area contributed by atoms with Crippen LogP contribution in [0.2, 0.25) is 0 Å². The number of carbonyl (C=O) groups is 2. The third-order valence-electron chi connectivity index (χ3n) is 5.17. The van der Waals surface area contributed by atoms with Crippen LogP contribution in [0.1, 0.15) is 51.8 Å². The van der Waals surface area contributed by atoms with Crippen LogP contribution >= 0.6 is 0 Å². The zero-order valence-corrected chi connectivity index (χ0v) is 20.3. The van der Waals surface area contributed by atoms with Crippen molar-refractivity contribution in [1.29, 1.82) is 0 Å². The van der Waals surface area contributed by atoms with Gasteiger partial charge >= 0.3 is 12.1 Å². The molecule has 2 atom stereocenters. The van der Waals surface area contributed by atoms with Crippen molar-refractivity contribution in [2.45, 2.75) is 64.7 Å². The fraction of sp³-hybridized carbons (Fsp3) is 0.423. The number of amides is 1. The lowest BCUT2D eigenvalue weighted by Gasteiger charge is -2.33. The molecule has 0 N–H and O–H groups in total. The number of nitrogens with zero attached hydrogens (tertiary/aromatic N) is 2. The summed E-state index contributed by atoms with van der Waals surface area (Å²) in [6, 6.07) is 17.7. The second-order valence-corrected chi connectivity index (χ2v) is 9.61. The molecular weight excluding hydrogens is 436 g/mol. The molecule has 3 rings (SSSR count). The van der Waals surface area contributed by atoms with Gasteiger partial charge in [0.1, 0.15) is 30.1 Å². The molecule has 1 amide bonds. The molecule has 0 radical (unpaired) electrons. The first-order valence-corrected chi connectivity index (χ1v) is 11.2. The summed E-state index contributed by atoms with van der Waals surface area (Å²) >= 11 is 0. The van der Waals surface area contributed by atoms with Crippen LogP contribution in [-0.2, 0) is 25.6 Å². The summed E-state index contributed by atoms with van der Waals surface area (Å²) in [6.07, 6.45) is 0.0397. The molecule has 1 aliphatic heterocycles. The summed E-state index contributed by atoms with van der Waals surface area (Å²) in [5.74, 6) is -0.673. The molecule has 1 fully saturated rings. The van der Waals surface area contributed by atoms with Gasteiger partial charge in [-0.1, -0.05) is 60.7 Å². The molecule has 0 saturated carbocycles. The van der Waals surface area contributed by atoms with Gasteiger partial charge in [0.2, 0.25) is 6.54 Å². The first-order chi connectivity index (χ1) is 16.0. The lowest BCUT2D eigenvalue weighted by atomic mass is 10.0. The second-order valence-electron chi connectivity index (χ2n) is 9.61. The summed E-state index contributed by atoms with van der Waals surface area (Å²) in [7, 11) is 0. The van der Waals surface area contributed by atoms with E-state index in [1.54, 1.807) is 34.6 Å². The SMILES string of the molecule is CC(C)(C)OC(=O)N1[C@@H](/C=[N+](\[O-])CC(=O)OCc2ccccc2)[C@H](c2ccccc2)OC1(C)C. The molecule has 1 saturated heterocycles. The van der Waals surface area contributed by atoms with Gasteiger partial charge in [-0.15, -0.1) is 0 Å². The maximum absolute atomic E-state index is 13.1. The van der Waals surface area contributed by atoms with Crippen LogP contribution < -0.4 is 0 Å². The van der Waals surface area contributed by atoms with Gasteiger partial charge in [0.15, 0.2) is 6.21 Å². The van der Waals surface area contributed by atoms with Crippen molar-refractivity contribution < 1.29 is 28.5 Å². The molecule has 8 nitrogen and oxygen atoms in total. The molecular formula is C26H32N2O6. The maximum Gasteiger partial charge on any atom is 0.413 e. The molecule has 0 aromatic heterocycles. The highest BCUT2D eigenvalue weighted by Crippen LogP contribution is 2.41. The van der Waals surface area contributed by atoms with Crippen LogP contribution in [0.3, 0.4) is 0 Å². The van der Waals surface area contributed by atoms with Crippen molar-refractivity contribution in [2.24, 2.45) is 0 Å². The van der Waals surface area contributed by atoms with Crippen molar-refractivity contribution >= 4 is 18.3 Å². The largest absolute Gasteiger partial charge is 0.624 e. The zero-order chi connectivity index (χ0) is 24.9. The Hall–Kier alpha value is -3.39. The van der Waals surface area contributed by atoms with Crippen LogP contribution in [0.25, 0.3) is 0 Å². The molecule has 1 heterocycles. The Balaban J connectivity index is 1.83. The number of ether oxygens (including phenoxy) is 3. The average Bonchev–Trinajstić information content (AvgIpc) is 3.02. The number of benzene rings is 2. The Morgan fingerprint density at radius 2 is 1.68 bits per heavy atom. The van der Waals surface area contributed by atoms with Crippen molar-refractivity contribution in [1.82, 2.24) is 4.90 Å². The fourth-order valence-corrected chi connectivity index (χ4v) is 3.77. The van der Waals surface area contributed by atoms with Gasteiger partial charge < -0.3 is 19.4 Å². The molecule has 8 heteroatoms. The van der Waals surface area contributed by atoms with Crippen LogP contribution in [0.4, 0.5) is 4.79 Å². The Kier molecular flexibility index (Phi) is 7.61. The third-order valence-corrected chi connectivity index (χ3v) is 5.17. The van der Waals surface area contributed by atoms with Gasteiger partial charge in [-0.2, -0.15) is 0 Å². The molecule has 2 aromatic rings. The van der Waals surface area contributed by atoms with Crippen molar-refractivity contribution in [3.05, 3.63) is 77.0 Å². The van der Waals surface area contributed by atoms with E-state index in [1.807, 2.05) is 60.7 Å². The Morgan fingerprint density at radius 1 is 1.09 bits per heavy atom. The lowest BCUT2D eigenvalue weighted by Crippen LogP contribution is -2.51. The number of esters is 1. The predicted molar refractivity (Wildman–Crippen MR) is 127 cm³/mol. The fourth-order valence-electron chi connectivity index (χ4n) is 3.77. The quantitative estimate of drug-likeness (QED) is 0.205. The number of hydrogen-bond donors (Lipinski definition) is 0. The Labute approximate surface area is 200 Å². The zero-order valence-electron chi connectivity index (χ0n) is 20.3. The first kappa shape index (κ1) is 25.2. The Morgan fingerprint density at radius 3 is 2.26 bits per heavy atom. The van der Waals surface area contributed by atoms with Gasteiger partial charge in [-0.3, -0.25) is 4.90 Å². The van der Waals surface area contributed by atoms with Crippen LogP contribution in [0.5, 0.6) is 0 Å². The maximum atomic E-state index is 13.1. The first-order valence-electron chi connectivity index (χ1n) is 11.2. The van der Waals surface area contributed by atoms with E-state index in [-0.39, 0.29) is 6.61 Å². The number of hydrogen-bond acceptors (Lipinski definition) is 6. The van der Waals surface area contributed by atoms with Crippen molar-refractivity contribution in [3.63, 3.8) is 0 Å². The average molecular weight is 469 g/mol. The highest BCUT2D eigenvalue weighted by Gasteiger charge is 2.52. The van der Waals surface area contributed by atoms with Gasteiger partial charge in [-0.25, -0.2) is 14.3 Å². The van der Waals surface area contributed by atoms with Crippen LogP contribution in [0.15, 0.2) is 60.7 Å². The number of carbonyl (C=O) groups excluding carboxylic acids is 2. The predicted octanol–water partition coefficient (Wildman–Crippen LogP) is 4.42. The normalized spacial score (nSPS) is 20.1. The van der Waals surface area contributed by atoms with E-state index in [1.165, 1.54) is 11.1 Å². The summed E-state index contributed by atoms with van der Waals surface area (Å²) in [4.78, 5) is 26.8.